The van der Waals surface area contributed by atoms with E-state index in [1.54, 1.807) is 0 Å². The van der Waals surface area contributed by atoms with Gasteiger partial charge in [0.2, 0.25) is 5.91 Å². The number of halogens is 3. The Kier molecular flexibility index (Phi) is 7.33. The molecule has 2 saturated heterocycles. The standard InChI is InChI=1S/C23H27F3N4O2S/c24-23(25,26)17-9-7-16(8-10-17)21(32)28-22-27-18(15-33-22)19-6-5-13-30(19)14-20(31)29-11-3-1-2-4-12-29/h7-10,15,19H,1-6,11-14H2,(H,27,28,32). The Labute approximate surface area is 194 Å². The third kappa shape index (κ3) is 5.92. The maximum absolute atomic E-state index is 12.8. The SMILES string of the molecule is O=C(Nc1nc(C2CCCN2CC(=O)N2CCCCCC2)cs1)c1ccc(C(F)(F)F)cc1. The quantitative estimate of drug-likeness (QED) is 0.658. The van der Waals surface area contributed by atoms with Gasteiger partial charge in [-0.1, -0.05) is 12.8 Å². The first kappa shape index (κ1) is 23.7. The van der Waals surface area contributed by atoms with E-state index in [4.69, 9.17) is 0 Å². The zero-order valence-corrected chi connectivity index (χ0v) is 19.1. The molecule has 1 unspecified atom stereocenters. The van der Waals surface area contributed by atoms with Gasteiger partial charge < -0.3 is 4.90 Å². The number of benzene rings is 1. The molecule has 2 aliphatic rings. The minimum absolute atomic E-state index is 0.0221. The number of thiazole rings is 1. The number of carbonyl (C=O) groups excluding carboxylic acids is 2. The first-order chi connectivity index (χ1) is 15.8. The first-order valence-corrected chi connectivity index (χ1v) is 12.1. The fourth-order valence-electron chi connectivity index (χ4n) is 4.42. The lowest BCUT2D eigenvalue weighted by atomic mass is 10.1. The van der Waals surface area contributed by atoms with E-state index < -0.39 is 17.6 Å². The number of likely N-dealkylation sites (tertiary alicyclic amines) is 2. The van der Waals surface area contributed by atoms with Crippen LogP contribution in [0.25, 0.3) is 0 Å². The molecule has 1 aromatic carbocycles. The number of anilines is 1. The molecule has 1 atom stereocenters. The zero-order chi connectivity index (χ0) is 23.4. The number of nitrogens with zero attached hydrogens (tertiary/aromatic N) is 3. The number of alkyl halides is 3. The predicted octanol–water partition coefficient (Wildman–Crippen LogP) is 4.95. The van der Waals surface area contributed by atoms with Gasteiger partial charge in [0.05, 0.1) is 23.8 Å². The third-order valence-corrected chi connectivity index (χ3v) is 6.99. The van der Waals surface area contributed by atoms with Crippen LogP contribution in [0.15, 0.2) is 29.6 Å². The van der Waals surface area contributed by atoms with E-state index in [-0.39, 0.29) is 17.5 Å². The largest absolute Gasteiger partial charge is 0.416 e. The van der Waals surface area contributed by atoms with E-state index in [9.17, 15) is 22.8 Å². The number of amides is 2. The molecule has 0 spiro atoms. The van der Waals surface area contributed by atoms with Crippen molar-refractivity contribution in [1.82, 2.24) is 14.8 Å². The lowest BCUT2D eigenvalue weighted by molar-refractivity contribution is -0.137. The van der Waals surface area contributed by atoms with Crippen molar-refractivity contribution >= 4 is 28.3 Å². The summed E-state index contributed by atoms with van der Waals surface area (Å²) in [5, 5.41) is 4.93. The maximum Gasteiger partial charge on any atom is 0.416 e. The van der Waals surface area contributed by atoms with Gasteiger partial charge in [-0.15, -0.1) is 11.3 Å². The Morgan fingerprint density at radius 1 is 1.03 bits per heavy atom. The van der Waals surface area contributed by atoms with E-state index in [0.29, 0.717) is 11.7 Å². The van der Waals surface area contributed by atoms with Crippen LogP contribution in [-0.4, -0.2) is 52.8 Å². The minimum Gasteiger partial charge on any atom is -0.342 e. The number of carbonyl (C=O) groups is 2. The van der Waals surface area contributed by atoms with Crippen molar-refractivity contribution in [1.29, 1.82) is 0 Å². The summed E-state index contributed by atoms with van der Waals surface area (Å²) in [6.45, 7) is 2.85. The molecular formula is C23H27F3N4O2S. The van der Waals surface area contributed by atoms with Crippen LogP contribution < -0.4 is 5.32 Å². The average molecular weight is 481 g/mol. The fourth-order valence-corrected chi connectivity index (χ4v) is 5.17. The minimum atomic E-state index is -4.44. The second-order valence-corrected chi connectivity index (χ2v) is 9.39. The molecule has 10 heteroatoms. The molecule has 33 heavy (non-hydrogen) atoms. The van der Waals surface area contributed by atoms with E-state index in [1.807, 2.05) is 10.3 Å². The van der Waals surface area contributed by atoms with Gasteiger partial charge in [-0.05, 0) is 56.5 Å². The van der Waals surface area contributed by atoms with Crippen molar-refractivity contribution < 1.29 is 22.8 Å². The van der Waals surface area contributed by atoms with Crippen LogP contribution in [0.3, 0.4) is 0 Å². The Morgan fingerprint density at radius 2 is 1.73 bits per heavy atom. The highest BCUT2D eigenvalue weighted by Gasteiger charge is 2.32. The van der Waals surface area contributed by atoms with Crippen LogP contribution >= 0.6 is 11.3 Å². The summed E-state index contributed by atoms with van der Waals surface area (Å²) in [4.78, 5) is 33.9. The number of hydrogen-bond donors (Lipinski definition) is 1. The van der Waals surface area contributed by atoms with Crippen LogP contribution in [0, 0.1) is 0 Å². The molecule has 2 aromatic rings. The number of aromatic nitrogens is 1. The van der Waals surface area contributed by atoms with Crippen molar-refractivity contribution in [2.45, 2.75) is 50.7 Å². The third-order valence-electron chi connectivity index (χ3n) is 6.22. The molecule has 4 rings (SSSR count). The van der Waals surface area contributed by atoms with Crippen LogP contribution in [0.2, 0.25) is 0 Å². The highest BCUT2D eigenvalue weighted by Crippen LogP contribution is 2.34. The van der Waals surface area contributed by atoms with E-state index >= 15 is 0 Å². The van der Waals surface area contributed by atoms with Gasteiger partial charge in [-0.3, -0.25) is 19.8 Å². The highest BCUT2D eigenvalue weighted by atomic mass is 32.1. The molecule has 6 nitrogen and oxygen atoms in total. The van der Waals surface area contributed by atoms with Gasteiger partial charge in [0.1, 0.15) is 0 Å². The molecule has 2 aliphatic heterocycles. The van der Waals surface area contributed by atoms with Gasteiger partial charge in [-0.2, -0.15) is 13.2 Å². The van der Waals surface area contributed by atoms with Gasteiger partial charge >= 0.3 is 6.18 Å². The van der Waals surface area contributed by atoms with E-state index in [2.05, 4.69) is 15.2 Å². The number of hydrogen-bond acceptors (Lipinski definition) is 5. The molecule has 0 bridgehead atoms. The Balaban J connectivity index is 1.36. The summed E-state index contributed by atoms with van der Waals surface area (Å²) in [6.07, 6.45) is 1.89. The summed E-state index contributed by atoms with van der Waals surface area (Å²) < 4.78 is 38.1. The van der Waals surface area contributed by atoms with Crippen molar-refractivity contribution in [2.75, 3.05) is 31.5 Å². The lowest BCUT2D eigenvalue weighted by Crippen LogP contribution is -2.40. The van der Waals surface area contributed by atoms with Crippen LogP contribution in [0.1, 0.15) is 66.2 Å². The molecule has 0 saturated carbocycles. The zero-order valence-electron chi connectivity index (χ0n) is 18.2. The van der Waals surface area contributed by atoms with Crippen LogP contribution in [0.4, 0.5) is 18.3 Å². The fraction of sp³-hybridized carbons (Fsp3) is 0.522. The molecule has 0 aliphatic carbocycles. The normalized spacial score (nSPS) is 20.0. The molecule has 2 fully saturated rings. The number of nitrogens with one attached hydrogen (secondary N) is 1. The molecule has 1 aromatic heterocycles. The monoisotopic (exact) mass is 480 g/mol. The summed E-state index contributed by atoms with van der Waals surface area (Å²) in [7, 11) is 0. The molecular weight excluding hydrogens is 453 g/mol. The Morgan fingerprint density at radius 3 is 2.39 bits per heavy atom. The Hall–Kier alpha value is -2.46. The highest BCUT2D eigenvalue weighted by molar-refractivity contribution is 7.14. The summed E-state index contributed by atoms with van der Waals surface area (Å²) in [6, 6.07) is 4.10. The second-order valence-electron chi connectivity index (χ2n) is 8.53. The van der Waals surface area contributed by atoms with Crippen molar-refractivity contribution in [2.24, 2.45) is 0 Å². The predicted molar refractivity (Wildman–Crippen MR) is 120 cm³/mol. The molecule has 178 valence electrons. The summed E-state index contributed by atoms with van der Waals surface area (Å²) >= 11 is 1.27. The average Bonchev–Trinajstić information content (AvgIpc) is 3.34. The van der Waals surface area contributed by atoms with Crippen molar-refractivity contribution in [3.05, 3.63) is 46.5 Å². The smallest absolute Gasteiger partial charge is 0.342 e. The topological polar surface area (TPSA) is 65.5 Å². The number of rotatable bonds is 5. The lowest BCUT2D eigenvalue weighted by Gasteiger charge is -2.27. The van der Waals surface area contributed by atoms with Crippen LogP contribution in [0.5, 0.6) is 0 Å². The van der Waals surface area contributed by atoms with Gasteiger partial charge in [-0.25, -0.2) is 4.98 Å². The molecule has 1 N–H and O–H groups in total. The van der Waals surface area contributed by atoms with Crippen molar-refractivity contribution in [3.8, 4) is 0 Å². The maximum atomic E-state index is 12.8. The van der Waals surface area contributed by atoms with Crippen LogP contribution in [-0.2, 0) is 11.0 Å². The van der Waals surface area contributed by atoms with E-state index in [1.165, 1.54) is 24.2 Å². The first-order valence-electron chi connectivity index (χ1n) is 11.3. The molecule has 3 heterocycles. The van der Waals surface area contributed by atoms with Crippen molar-refractivity contribution in [3.63, 3.8) is 0 Å². The second kappa shape index (κ2) is 10.2. The van der Waals surface area contributed by atoms with Gasteiger partial charge in [0.15, 0.2) is 5.13 Å². The summed E-state index contributed by atoms with van der Waals surface area (Å²) in [5.41, 5.74) is 0.140. The van der Waals surface area contributed by atoms with Gasteiger partial charge in [0, 0.05) is 24.0 Å². The van der Waals surface area contributed by atoms with E-state index in [0.717, 1.165) is 75.3 Å². The molecule has 0 radical (unpaired) electrons. The van der Waals surface area contributed by atoms with Gasteiger partial charge in [0.25, 0.3) is 5.91 Å². The summed E-state index contributed by atoms with van der Waals surface area (Å²) in [5.74, 6) is -0.348. The molecule has 2 amide bonds. The Bertz CT molecular complexity index is 969.